The van der Waals surface area contributed by atoms with E-state index < -0.39 is 6.10 Å². The van der Waals surface area contributed by atoms with Gasteiger partial charge in [-0.25, -0.2) is 0 Å². The molecule has 6 heteroatoms. The molecule has 0 unspecified atom stereocenters. The van der Waals surface area contributed by atoms with E-state index in [-0.39, 0.29) is 31.1 Å². The molecular formula is C62H118O6. The zero-order valence-electron chi connectivity index (χ0n) is 46.2. The van der Waals surface area contributed by atoms with Gasteiger partial charge in [0.1, 0.15) is 13.2 Å². The van der Waals surface area contributed by atoms with E-state index in [2.05, 4.69) is 32.9 Å². The third-order valence-electron chi connectivity index (χ3n) is 14.0. The molecule has 0 saturated heterocycles. The van der Waals surface area contributed by atoms with Gasteiger partial charge < -0.3 is 14.2 Å². The van der Waals surface area contributed by atoms with E-state index in [9.17, 15) is 14.4 Å². The van der Waals surface area contributed by atoms with Gasteiger partial charge in [-0.3, -0.25) is 14.4 Å². The van der Waals surface area contributed by atoms with Gasteiger partial charge in [0, 0.05) is 19.3 Å². The first-order valence-electron chi connectivity index (χ1n) is 30.7. The van der Waals surface area contributed by atoms with Crippen molar-refractivity contribution in [3.05, 3.63) is 12.2 Å². The Labute approximate surface area is 424 Å². The lowest BCUT2D eigenvalue weighted by atomic mass is 10.0. The fraction of sp³-hybridized carbons (Fsp3) is 0.919. The predicted octanol–water partition coefficient (Wildman–Crippen LogP) is 20.5. The Morgan fingerprint density at radius 2 is 0.485 bits per heavy atom. The number of hydrogen-bond acceptors (Lipinski definition) is 6. The molecule has 6 nitrogen and oxygen atoms in total. The number of esters is 3. The smallest absolute Gasteiger partial charge is 0.306 e. The van der Waals surface area contributed by atoms with E-state index in [0.717, 1.165) is 57.8 Å². The molecule has 0 aliphatic rings. The molecule has 0 aromatic rings. The van der Waals surface area contributed by atoms with Crippen LogP contribution in [0.1, 0.15) is 348 Å². The Morgan fingerprint density at radius 1 is 0.279 bits per heavy atom. The first-order valence-corrected chi connectivity index (χ1v) is 30.7. The van der Waals surface area contributed by atoms with Crippen LogP contribution in [-0.2, 0) is 28.6 Å². The van der Waals surface area contributed by atoms with Crippen molar-refractivity contribution in [3.8, 4) is 0 Å². The van der Waals surface area contributed by atoms with Gasteiger partial charge in [-0.1, -0.05) is 296 Å². The summed E-state index contributed by atoms with van der Waals surface area (Å²) in [5.74, 6) is -0.841. The maximum absolute atomic E-state index is 12.9. The third kappa shape index (κ3) is 55.1. The van der Waals surface area contributed by atoms with Crippen LogP contribution in [0.3, 0.4) is 0 Å². The first kappa shape index (κ1) is 66.2. The topological polar surface area (TPSA) is 78.9 Å². The van der Waals surface area contributed by atoms with Crippen molar-refractivity contribution in [1.29, 1.82) is 0 Å². The van der Waals surface area contributed by atoms with Gasteiger partial charge in [0.15, 0.2) is 6.10 Å². The van der Waals surface area contributed by atoms with Crippen molar-refractivity contribution in [2.45, 2.75) is 354 Å². The fourth-order valence-corrected chi connectivity index (χ4v) is 9.38. The van der Waals surface area contributed by atoms with Crippen LogP contribution in [0, 0.1) is 0 Å². The van der Waals surface area contributed by atoms with Crippen LogP contribution in [0.15, 0.2) is 12.2 Å². The molecule has 0 radical (unpaired) electrons. The first-order chi connectivity index (χ1) is 33.5. The van der Waals surface area contributed by atoms with Crippen LogP contribution < -0.4 is 0 Å². The second-order valence-electron chi connectivity index (χ2n) is 21.0. The number of hydrogen-bond donors (Lipinski definition) is 0. The molecule has 0 bridgehead atoms. The molecule has 0 rings (SSSR count). The summed E-state index contributed by atoms with van der Waals surface area (Å²) >= 11 is 0. The minimum atomic E-state index is -0.766. The van der Waals surface area contributed by atoms with E-state index in [1.807, 2.05) is 0 Å². The molecule has 1 atom stereocenters. The second kappa shape index (κ2) is 57.7. The highest BCUT2D eigenvalue weighted by Crippen LogP contribution is 2.18. The Hall–Kier alpha value is -1.85. The molecule has 0 fully saturated rings. The molecule has 0 aromatic heterocycles. The molecule has 68 heavy (non-hydrogen) atoms. The van der Waals surface area contributed by atoms with Gasteiger partial charge in [0.25, 0.3) is 0 Å². The van der Waals surface area contributed by atoms with Crippen LogP contribution in [0.2, 0.25) is 0 Å². The van der Waals surface area contributed by atoms with Crippen LogP contribution in [0.4, 0.5) is 0 Å². The standard InChI is InChI=1S/C62H118O6/c1-4-7-10-13-16-19-22-25-28-30-31-32-35-37-40-43-46-49-52-55-61(64)67-58-59(57-66-60(63)54-51-48-45-42-39-36-33-27-24-21-18-15-12-9-6-3)68-62(65)56-53-50-47-44-41-38-34-29-26-23-20-17-14-11-8-5-2/h30-31,59H,4-29,32-58H2,1-3H3/b31-30-/t59-/m1/s1. The molecule has 0 saturated carbocycles. The van der Waals surface area contributed by atoms with Crippen molar-refractivity contribution >= 4 is 17.9 Å². The van der Waals surface area contributed by atoms with Gasteiger partial charge in [0.05, 0.1) is 0 Å². The largest absolute Gasteiger partial charge is 0.462 e. The Bertz CT molecular complexity index is 1060. The summed E-state index contributed by atoms with van der Waals surface area (Å²) in [7, 11) is 0. The maximum atomic E-state index is 12.9. The average Bonchev–Trinajstić information content (AvgIpc) is 3.34. The summed E-state index contributed by atoms with van der Waals surface area (Å²) in [6.45, 7) is 6.71. The van der Waals surface area contributed by atoms with Crippen molar-refractivity contribution < 1.29 is 28.6 Å². The van der Waals surface area contributed by atoms with Crippen molar-refractivity contribution in [1.82, 2.24) is 0 Å². The monoisotopic (exact) mass is 959 g/mol. The van der Waals surface area contributed by atoms with Gasteiger partial charge in [-0.15, -0.1) is 0 Å². The fourth-order valence-electron chi connectivity index (χ4n) is 9.38. The summed E-state index contributed by atoms with van der Waals surface area (Å²) in [4.78, 5) is 38.2. The lowest BCUT2D eigenvalue weighted by Crippen LogP contribution is -2.30. The van der Waals surface area contributed by atoms with E-state index in [0.29, 0.717) is 19.3 Å². The molecule has 402 valence electrons. The third-order valence-corrected chi connectivity index (χ3v) is 14.0. The van der Waals surface area contributed by atoms with Crippen molar-refractivity contribution in [3.63, 3.8) is 0 Å². The number of allylic oxidation sites excluding steroid dienone is 2. The maximum Gasteiger partial charge on any atom is 0.306 e. The number of carbonyl (C=O) groups excluding carboxylic acids is 3. The molecule has 0 N–H and O–H groups in total. The van der Waals surface area contributed by atoms with Crippen LogP contribution in [0.5, 0.6) is 0 Å². The van der Waals surface area contributed by atoms with Gasteiger partial charge >= 0.3 is 17.9 Å². The zero-order valence-corrected chi connectivity index (χ0v) is 46.2. The minimum absolute atomic E-state index is 0.0649. The highest BCUT2D eigenvalue weighted by atomic mass is 16.6. The van der Waals surface area contributed by atoms with Crippen LogP contribution in [-0.4, -0.2) is 37.2 Å². The number of ether oxygens (including phenoxy) is 3. The number of unbranched alkanes of at least 4 members (excludes halogenated alkanes) is 44. The summed E-state index contributed by atoms with van der Waals surface area (Å²) in [5, 5.41) is 0. The summed E-state index contributed by atoms with van der Waals surface area (Å²) in [6, 6.07) is 0. The van der Waals surface area contributed by atoms with Gasteiger partial charge in [-0.05, 0) is 44.9 Å². The summed E-state index contributed by atoms with van der Waals surface area (Å²) in [5.41, 5.74) is 0. The van der Waals surface area contributed by atoms with Crippen LogP contribution >= 0.6 is 0 Å². The lowest BCUT2D eigenvalue weighted by Gasteiger charge is -2.18. The van der Waals surface area contributed by atoms with E-state index in [4.69, 9.17) is 14.2 Å². The van der Waals surface area contributed by atoms with E-state index in [1.54, 1.807) is 0 Å². The molecular weight excluding hydrogens is 841 g/mol. The van der Waals surface area contributed by atoms with E-state index >= 15 is 0 Å². The minimum Gasteiger partial charge on any atom is -0.462 e. The second-order valence-corrected chi connectivity index (χ2v) is 21.0. The normalized spacial score (nSPS) is 12.0. The quantitative estimate of drug-likeness (QED) is 0.0262. The average molecular weight is 960 g/mol. The van der Waals surface area contributed by atoms with E-state index in [1.165, 1.54) is 250 Å². The summed E-state index contributed by atoms with van der Waals surface area (Å²) < 4.78 is 16.9. The zero-order chi connectivity index (χ0) is 49.3. The van der Waals surface area contributed by atoms with Crippen molar-refractivity contribution in [2.24, 2.45) is 0 Å². The molecule has 0 aromatic carbocycles. The highest BCUT2D eigenvalue weighted by molar-refractivity contribution is 5.71. The Balaban J connectivity index is 4.30. The lowest BCUT2D eigenvalue weighted by molar-refractivity contribution is -0.167. The molecule has 0 aliphatic carbocycles. The summed E-state index contributed by atoms with van der Waals surface area (Å²) in [6.07, 6.45) is 66.3. The molecule has 0 heterocycles. The van der Waals surface area contributed by atoms with Gasteiger partial charge in [-0.2, -0.15) is 0 Å². The number of carbonyl (C=O) groups is 3. The van der Waals surface area contributed by atoms with Crippen LogP contribution in [0.25, 0.3) is 0 Å². The van der Waals surface area contributed by atoms with Gasteiger partial charge in [0.2, 0.25) is 0 Å². The molecule has 0 spiro atoms. The Morgan fingerprint density at radius 3 is 0.735 bits per heavy atom. The predicted molar refractivity (Wildman–Crippen MR) is 293 cm³/mol. The van der Waals surface area contributed by atoms with Crippen molar-refractivity contribution in [2.75, 3.05) is 13.2 Å². The highest BCUT2D eigenvalue weighted by Gasteiger charge is 2.19. The molecule has 0 aliphatic heterocycles. The SMILES string of the molecule is CCCCCCCCCC/C=C\CCCCCCCCCC(=O)OC[C@@H](COC(=O)CCCCCCCCCCCCCCCCC)OC(=O)CCCCCCCCCCCCCCCCCC. The number of rotatable bonds is 57. The molecule has 0 amide bonds. The Kier molecular flexibility index (Phi) is 56.2.